The molecule has 0 spiro atoms. The van der Waals surface area contributed by atoms with E-state index in [0.29, 0.717) is 22.9 Å². The Labute approximate surface area is 283 Å². The topological polar surface area (TPSA) is 96.0 Å². The summed E-state index contributed by atoms with van der Waals surface area (Å²) in [7, 11) is -2.68. The number of ether oxygens (including phenoxy) is 1. The van der Waals surface area contributed by atoms with Gasteiger partial charge in [-0.2, -0.15) is 0 Å². The van der Waals surface area contributed by atoms with Crippen molar-refractivity contribution in [3.05, 3.63) is 124 Å². The fraction of sp³-hybridized carbons (Fsp3) is 0.297. The van der Waals surface area contributed by atoms with Gasteiger partial charge in [-0.05, 0) is 73.4 Å². The van der Waals surface area contributed by atoms with Crippen LogP contribution in [-0.4, -0.2) is 51.4 Å². The molecule has 8 nitrogen and oxygen atoms in total. The van der Waals surface area contributed by atoms with Crippen LogP contribution in [0.4, 0.5) is 5.69 Å². The quantitative estimate of drug-likeness (QED) is 0.141. The summed E-state index contributed by atoms with van der Waals surface area (Å²) in [5.74, 6) is -0.264. The van der Waals surface area contributed by atoms with E-state index < -0.39 is 28.5 Å². The first kappa shape index (κ1) is 35.5. The van der Waals surface area contributed by atoms with Crippen molar-refractivity contribution >= 4 is 39.1 Å². The zero-order chi connectivity index (χ0) is 34.0. The number of hydrogen-bond acceptors (Lipinski definition) is 5. The van der Waals surface area contributed by atoms with Crippen LogP contribution in [0, 0.1) is 13.8 Å². The first-order chi connectivity index (χ1) is 22.5. The van der Waals surface area contributed by atoms with Crippen molar-refractivity contribution in [2.75, 3.05) is 24.5 Å². The normalized spacial score (nSPS) is 11.9. The van der Waals surface area contributed by atoms with Crippen molar-refractivity contribution in [3.8, 4) is 5.75 Å². The van der Waals surface area contributed by atoms with Gasteiger partial charge in [-0.1, -0.05) is 91.2 Å². The molecule has 0 radical (unpaired) electrons. The highest BCUT2D eigenvalue weighted by atomic mass is 35.5. The number of hydrogen-bond donors (Lipinski definition) is 1. The van der Waals surface area contributed by atoms with Gasteiger partial charge in [-0.3, -0.25) is 13.9 Å². The number of rotatable bonds is 15. The number of benzene rings is 4. The molecule has 1 atom stereocenters. The van der Waals surface area contributed by atoms with Gasteiger partial charge in [0.2, 0.25) is 11.8 Å². The first-order valence-corrected chi connectivity index (χ1v) is 17.4. The van der Waals surface area contributed by atoms with Crippen LogP contribution in [0.3, 0.4) is 0 Å². The lowest BCUT2D eigenvalue weighted by Crippen LogP contribution is -2.53. The van der Waals surface area contributed by atoms with E-state index in [0.717, 1.165) is 33.8 Å². The maximum absolute atomic E-state index is 14.7. The van der Waals surface area contributed by atoms with E-state index in [-0.39, 0.29) is 29.5 Å². The largest absolute Gasteiger partial charge is 0.497 e. The molecule has 4 rings (SSSR count). The van der Waals surface area contributed by atoms with E-state index in [4.69, 9.17) is 16.3 Å². The average molecular weight is 676 g/mol. The molecule has 4 aromatic carbocycles. The lowest BCUT2D eigenvalue weighted by Gasteiger charge is -2.34. The lowest BCUT2D eigenvalue weighted by molar-refractivity contribution is -0.140. The van der Waals surface area contributed by atoms with Crippen LogP contribution in [-0.2, 0) is 32.6 Å². The Bertz CT molecular complexity index is 1760. The molecule has 0 unspecified atom stereocenters. The van der Waals surface area contributed by atoms with Crippen molar-refractivity contribution < 1.29 is 22.7 Å². The van der Waals surface area contributed by atoms with Crippen molar-refractivity contribution in [2.45, 2.75) is 57.5 Å². The molecule has 0 heterocycles. The zero-order valence-electron chi connectivity index (χ0n) is 27.3. The number of nitrogens with zero attached hydrogens (tertiary/aromatic N) is 2. The van der Waals surface area contributed by atoms with Gasteiger partial charge in [-0.25, -0.2) is 8.42 Å². The van der Waals surface area contributed by atoms with E-state index in [1.807, 2.05) is 56.3 Å². The molecule has 0 aliphatic carbocycles. The molecule has 0 aliphatic heterocycles. The van der Waals surface area contributed by atoms with Crippen molar-refractivity contribution in [3.63, 3.8) is 0 Å². The Balaban J connectivity index is 1.83. The third-order valence-corrected chi connectivity index (χ3v) is 9.92. The van der Waals surface area contributed by atoms with E-state index in [1.165, 1.54) is 17.0 Å². The van der Waals surface area contributed by atoms with Crippen LogP contribution < -0.4 is 14.4 Å². The number of unbranched alkanes of at least 4 members (excludes halogenated alkanes) is 1. The summed E-state index contributed by atoms with van der Waals surface area (Å²) in [6.45, 7) is 5.61. The molecule has 47 heavy (non-hydrogen) atoms. The highest BCUT2D eigenvalue weighted by Gasteiger charge is 2.35. The molecule has 0 bridgehead atoms. The molecule has 0 saturated carbocycles. The lowest BCUT2D eigenvalue weighted by atomic mass is 10.0. The van der Waals surface area contributed by atoms with Crippen molar-refractivity contribution in [2.24, 2.45) is 0 Å². The number of nitrogens with one attached hydrogen (secondary N) is 1. The third-order valence-electron chi connectivity index (χ3n) is 7.92. The predicted octanol–water partition coefficient (Wildman–Crippen LogP) is 6.72. The number of aryl methyl sites for hydroxylation is 2. The summed E-state index contributed by atoms with van der Waals surface area (Å²) >= 11 is 6.37. The average Bonchev–Trinajstić information content (AvgIpc) is 3.07. The molecule has 1 N–H and O–H groups in total. The number of amides is 2. The summed E-state index contributed by atoms with van der Waals surface area (Å²) < 4.78 is 35.1. The smallest absolute Gasteiger partial charge is 0.264 e. The summed E-state index contributed by atoms with van der Waals surface area (Å²) in [5.41, 5.74) is 3.38. The SMILES string of the molecule is CCCCNC(=O)[C@H](Cc1ccccc1)N(Cc1cccc(OC)c1)C(=O)CN(c1cc(Cl)ccc1C)S(=O)(=O)c1ccc(C)cc1. The summed E-state index contributed by atoms with van der Waals surface area (Å²) in [6, 6.07) is 27.2. The van der Waals surface area contributed by atoms with Crippen molar-refractivity contribution in [1.82, 2.24) is 10.2 Å². The molecular weight excluding hydrogens is 634 g/mol. The number of halogens is 1. The molecule has 0 aromatic heterocycles. The number of anilines is 1. The standard InChI is InChI=1S/C37H42ClN3O5S/c1-5-6-21-39-37(43)35(23-29-11-8-7-9-12-29)40(25-30-13-10-14-32(22-30)46-4)36(42)26-41(34-24-31(38)18-17-28(34)3)47(44,45)33-19-15-27(2)16-20-33/h7-20,22,24,35H,5-6,21,23,25-26H2,1-4H3,(H,39,43)/t35-/m0/s1. The van der Waals surface area contributed by atoms with E-state index in [2.05, 4.69) is 5.32 Å². The van der Waals surface area contributed by atoms with Crippen molar-refractivity contribution in [1.29, 1.82) is 0 Å². The highest BCUT2D eigenvalue weighted by molar-refractivity contribution is 7.92. The molecular formula is C37H42ClN3O5S. The van der Waals surface area contributed by atoms with Gasteiger partial charge in [0.1, 0.15) is 18.3 Å². The second-order valence-corrected chi connectivity index (χ2v) is 13.8. The fourth-order valence-corrected chi connectivity index (χ4v) is 6.87. The van der Waals surface area contributed by atoms with Gasteiger partial charge < -0.3 is 15.0 Å². The second-order valence-electron chi connectivity index (χ2n) is 11.5. The van der Waals surface area contributed by atoms with Gasteiger partial charge in [0, 0.05) is 24.5 Å². The van der Waals surface area contributed by atoms with E-state index >= 15 is 0 Å². The maximum atomic E-state index is 14.7. The Hall–Kier alpha value is -4.34. The summed E-state index contributed by atoms with van der Waals surface area (Å²) in [5, 5.41) is 3.33. The minimum atomic E-state index is -4.24. The van der Waals surface area contributed by atoms with Gasteiger partial charge in [0.25, 0.3) is 10.0 Å². The Kier molecular flexibility index (Phi) is 12.4. The van der Waals surface area contributed by atoms with Crippen LogP contribution in [0.5, 0.6) is 5.75 Å². The van der Waals surface area contributed by atoms with Crippen LogP contribution in [0.1, 0.15) is 42.0 Å². The van der Waals surface area contributed by atoms with Crippen LogP contribution in [0.25, 0.3) is 0 Å². The van der Waals surface area contributed by atoms with Crippen LogP contribution in [0.15, 0.2) is 102 Å². The van der Waals surface area contributed by atoms with Gasteiger partial charge in [0.05, 0.1) is 17.7 Å². The molecule has 0 fully saturated rings. The monoisotopic (exact) mass is 675 g/mol. The predicted molar refractivity (Wildman–Crippen MR) is 187 cm³/mol. The minimum Gasteiger partial charge on any atom is -0.497 e. The Morgan fingerprint density at radius 1 is 0.894 bits per heavy atom. The fourth-order valence-electron chi connectivity index (χ4n) is 5.23. The maximum Gasteiger partial charge on any atom is 0.264 e. The van der Waals surface area contributed by atoms with Crippen LogP contribution in [0.2, 0.25) is 5.02 Å². The molecule has 10 heteroatoms. The zero-order valence-corrected chi connectivity index (χ0v) is 28.9. The van der Waals surface area contributed by atoms with E-state index in [1.54, 1.807) is 56.5 Å². The molecule has 4 aromatic rings. The van der Waals surface area contributed by atoms with Gasteiger partial charge >= 0.3 is 0 Å². The van der Waals surface area contributed by atoms with Crippen LogP contribution >= 0.6 is 11.6 Å². The molecule has 248 valence electrons. The Morgan fingerprint density at radius 3 is 2.28 bits per heavy atom. The summed E-state index contributed by atoms with van der Waals surface area (Å²) in [6.07, 6.45) is 1.90. The minimum absolute atomic E-state index is 0.0350. The molecule has 2 amide bonds. The number of carbonyl (C=O) groups excluding carboxylic acids is 2. The highest BCUT2D eigenvalue weighted by Crippen LogP contribution is 2.30. The number of methoxy groups -OCH3 is 1. The van der Waals surface area contributed by atoms with E-state index in [9.17, 15) is 18.0 Å². The summed E-state index contributed by atoms with van der Waals surface area (Å²) in [4.78, 5) is 30.1. The molecule has 0 saturated heterocycles. The van der Waals surface area contributed by atoms with Gasteiger partial charge in [0.15, 0.2) is 0 Å². The third kappa shape index (κ3) is 9.36. The van der Waals surface area contributed by atoms with Gasteiger partial charge in [-0.15, -0.1) is 0 Å². The molecule has 0 aliphatic rings. The second kappa shape index (κ2) is 16.5. The number of sulfonamides is 1. The number of carbonyl (C=O) groups is 2. The Morgan fingerprint density at radius 2 is 1.60 bits per heavy atom. The first-order valence-electron chi connectivity index (χ1n) is 15.6.